The van der Waals surface area contributed by atoms with Gasteiger partial charge < -0.3 is 24.3 Å². The van der Waals surface area contributed by atoms with E-state index in [-0.39, 0.29) is 24.9 Å². The predicted molar refractivity (Wildman–Crippen MR) is 141 cm³/mol. The number of nitrogens with one attached hydrogen (secondary N) is 1. The van der Waals surface area contributed by atoms with E-state index in [0.717, 1.165) is 10.8 Å². The van der Waals surface area contributed by atoms with E-state index in [1.165, 1.54) is 6.33 Å². The predicted octanol–water partition coefficient (Wildman–Crippen LogP) is 4.13. The molecule has 12 heteroatoms. The van der Waals surface area contributed by atoms with Gasteiger partial charge in [-0.1, -0.05) is 30.3 Å². The van der Waals surface area contributed by atoms with Crippen molar-refractivity contribution in [2.24, 2.45) is 0 Å². The van der Waals surface area contributed by atoms with Crippen LogP contribution in [0.2, 0.25) is 0 Å². The van der Waals surface area contributed by atoms with E-state index >= 15 is 0 Å². The van der Waals surface area contributed by atoms with E-state index < -0.39 is 19.0 Å². The van der Waals surface area contributed by atoms with Gasteiger partial charge in [0.25, 0.3) is 0 Å². The Morgan fingerprint density at radius 3 is 2.65 bits per heavy atom. The molecule has 0 spiro atoms. The van der Waals surface area contributed by atoms with Crippen LogP contribution in [0.4, 0.5) is 5.82 Å². The second kappa shape index (κ2) is 10.8. The molecule has 2 aromatic heterocycles. The molecule has 0 saturated carbocycles. The zero-order valence-corrected chi connectivity index (χ0v) is 22.1. The summed E-state index contributed by atoms with van der Waals surface area (Å²) in [6.07, 6.45) is 2.34. The number of carbonyl (C=O) groups is 1. The Hall–Kier alpha value is -3.53. The molecule has 0 bridgehead atoms. The number of benzene rings is 2. The number of fused-ring (bicyclic) bond motifs is 2. The quantitative estimate of drug-likeness (QED) is 0.166. The van der Waals surface area contributed by atoms with Crippen molar-refractivity contribution < 1.29 is 23.4 Å². The molecule has 0 aliphatic carbocycles. The normalized spacial score (nSPS) is 13.6. The van der Waals surface area contributed by atoms with Crippen molar-refractivity contribution >= 4 is 41.2 Å². The molecule has 0 saturated heterocycles. The molecule has 37 heavy (non-hydrogen) atoms. The number of carbonyl (C=O) groups excluding carboxylic acids is 1. The summed E-state index contributed by atoms with van der Waals surface area (Å²) in [5.41, 5.74) is 5.62. The second-order valence-corrected chi connectivity index (χ2v) is 11.4. The van der Waals surface area contributed by atoms with Gasteiger partial charge in [0.2, 0.25) is 0 Å². The monoisotopic (exact) mass is 526 g/mol. The summed E-state index contributed by atoms with van der Waals surface area (Å²) in [4.78, 5) is 25.1. The van der Waals surface area contributed by atoms with Crippen molar-refractivity contribution in [3.8, 4) is 5.75 Å². The highest BCUT2D eigenvalue weighted by molar-refractivity contribution is 7.57. The standard InChI is InChI=1S/C25H31N6O5P/c1-17(2)35-24(32)25(3,4)30-37(33,36-20-10-9-18-7-5-6-8-19(18)13-20)16-34-12-11-31-15-29-21-22(26)27-14-28-23(21)31/h5-10,13-15,17H,11-12,16H2,1-4H3,(H,30,33)(H2,26,27,28). The summed E-state index contributed by atoms with van der Waals surface area (Å²) in [5.74, 6) is 0.128. The van der Waals surface area contributed by atoms with Crippen molar-refractivity contribution in [2.75, 3.05) is 18.7 Å². The Morgan fingerprint density at radius 1 is 1.14 bits per heavy atom. The highest BCUT2D eigenvalue weighted by atomic mass is 31.2. The molecule has 0 fully saturated rings. The van der Waals surface area contributed by atoms with Crippen molar-refractivity contribution in [3.05, 3.63) is 55.1 Å². The maximum atomic E-state index is 14.0. The van der Waals surface area contributed by atoms with Gasteiger partial charge in [-0.3, -0.25) is 9.36 Å². The lowest BCUT2D eigenvalue weighted by atomic mass is 10.1. The van der Waals surface area contributed by atoms with Gasteiger partial charge in [0, 0.05) is 6.54 Å². The van der Waals surface area contributed by atoms with Crippen LogP contribution in [-0.4, -0.2) is 50.1 Å². The summed E-state index contributed by atoms with van der Waals surface area (Å²) in [6.45, 7) is 7.24. The molecule has 3 N–H and O–H groups in total. The molecule has 2 heterocycles. The van der Waals surface area contributed by atoms with Crippen LogP contribution in [0.5, 0.6) is 5.75 Å². The highest BCUT2D eigenvalue weighted by Gasteiger charge is 2.39. The lowest BCUT2D eigenvalue weighted by Crippen LogP contribution is -2.48. The minimum atomic E-state index is -3.74. The fraction of sp³-hybridized carbons (Fsp3) is 0.360. The Labute approximate surface area is 214 Å². The van der Waals surface area contributed by atoms with Crippen LogP contribution in [0.15, 0.2) is 55.1 Å². The zero-order chi connectivity index (χ0) is 26.6. The first-order valence-electron chi connectivity index (χ1n) is 11.8. The SMILES string of the molecule is CC(C)OC(=O)C(C)(C)NP(=O)(COCCn1cnc2c(N)ncnc21)Oc1ccc2ccccc2c1. The molecular weight excluding hydrogens is 495 g/mol. The van der Waals surface area contributed by atoms with Crippen molar-refractivity contribution in [1.82, 2.24) is 24.6 Å². The number of ether oxygens (including phenoxy) is 2. The number of esters is 1. The Morgan fingerprint density at radius 2 is 1.89 bits per heavy atom. The van der Waals surface area contributed by atoms with E-state index in [1.807, 2.05) is 30.3 Å². The highest BCUT2D eigenvalue weighted by Crippen LogP contribution is 2.45. The minimum absolute atomic E-state index is 0.180. The molecule has 1 unspecified atom stereocenters. The lowest BCUT2D eigenvalue weighted by Gasteiger charge is -2.30. The summed E-state index contributed by atoms with van der Waals surface area (Å²) >= 11 is 0. The van der Waals surface area contributed by atoms with E-state index in [1.54, 1.807) is 50.7 Å². The first kappa shape index (κ1) is 26.5. The van der Waals surface area contributed by atoms with Crippen LogP contribution < -0.4 is 15.3 Å². The van der Waals surface area contributed by atoms with Crippen molar-refractivity contribution in [1.29, 1.82) is 0 Å². The van der Waals surface area contributed by atoms with Gasteiger partial charge in [0.1, 0.15) is 29.5 Å². The van der Waals surface area contributed by atoms with Gasteiger partial charge >= 0.3 is 13.5 Å². The maximum Gasteiger partial charge on any atom is 0.342 e. The number of nitrogen functional groups attached to an aromatic ring is 1. The fourth-order valence-corrected chi connectivity index (χ4v) is 5.65. The first-order chi connectivity index (χ1) is 17.6. The number of nitrogens with zero attached hydrogens (tertiary/aromatic N) is 4. The van der Waals surface area contributed by atoms with Crippen molar-refractivity contribution in [3.63, 3.8) is 0 Å². The van der Waals surface area contributed by atoms with Crippen LogP contribution in [0.1, 0.15) is 27.7 Å². The van der Waals surface area contributed by atoms with Crippen LogP contribution in [-0.2, 0) is 25.4 Å². The molecule has 4 aromatic rings. The summed E-state index contributed by atoms with van der Waals surface area (Å²) in [6, 6.07) is 13.2. The number of anilines is 1. The number of hydrogen-bond donors (Lipinski definition) is 2. The van der Waals surface area contributed by atoms with Crippen molar-refractivity contribution in [2.45, 2.75) is 45.9 Å². The number of rotatable bonds is 11. The van der Waals surface area contributed by atoms with Gasteiger partial charge in [-0.15, -0.1) is 0 Å². The molecule has 1 atom stereocenters. The zero-order valence-electron chi connectivity index (χ0n) is 21.2. The Bertz CT molecular complexity index is 1450. The van der Waals surface area contributed by atoms with E-state index in [9.17, 15) is 9.36 Å². The van der Waals surface area contributed by atoms with Crippen LogP contribution in [0.3, 0.4) is 0 Å². The molecule has 0 radical (unpaired) electrons. The topological polar surface area (TPSA) is 143 Å². The van der Waals surface area contributed by atoms with Gasteiger partial charge in [0.05, 0.1) is 19.0 Å². The molecule has 0 aliphatic heterocycles. The fourth-order valence-electron chi connectivity index (χ4n) is 3.72. The van der Waals surface area contributed by atoms with Crippen LogP contribution in [0.25, 0.3) is 21.9 Å². The van der Waals surface area contributed by atoms with Crippen LogP contribution >= 0.6 is 7.52 Å². The van der Waals surface area contributed by atoms with Gasteiger partial charge in [0.15, 0.2) is 11.5 Å². The number of aromatic nitrogens is 4. The molecular formula is C25H31N6O5P. The van der Waals surface area contributed by atoms with Crippen LogP contribution in [0, 0.1) is 0 Å². The molecule has 196 valence electrons. The first-order valence-corrected chi connectivity index (χ1v) is 13.6. The average molecular weight is 527 g/mol. The average Bonchev–Trinajstić information content (AvgIpc) is 3.25. The van der Waals surface area contributed by atoms with Gasteiger partial charge in [-0.2, -0.15) is 0 Å². The smallest absolute Gasteiger partial charge is 0.342 e. The third-order valence-electron chi connectivity index (χ3n) is 5.44. The third-order valence-corrected chi connectivity index (χ3v) is 7.37. The largest absolute Gasteiger partial charge is 0.462 e. The molecule has 2 aromatic carbocycles. The molecule has 4 rings (SSSR count). The number of imidazole rings is 1. The van der Waals surface area contributed by atoms with E-state index in [0.29, 0.717) is 23.5 Å². The Balaban J connectivity index is 1.50. The van der Waals surface area contributed by atoms with E-state index in [2.05, 4.69) is 20.0 Å². The summed E-state index contributed by atoms with van der Waals surface area (Å²) in [7, 11) is -3.74. The molecule has 0 amide bonds. The summed E-state index contributed by atoms with van der Waals surface area (Å²) < 4.78 is 32.9. The summed E-state index contributed by atoms with van der Waals surface area (Å²) in [5, 5.41) is 4.83. The van der Waals surface area contributed by atoms with Gasteiger partial charge in [-0.05, 0) is 50.6 Å². The second-order valence-electron chi connectivity index (χ2n) is 9.37. The molecule has 0 aliphatic rings. The third kappa shape index (κ3) is 6.43. The van der Waals surface area contributed by atoms with E-state index in [4.69, 9.17) is 19.7 Å². The Kier molecular flexibility index (Phi) is 7.77. The molecule has 11 nitrogen and oxygen atoms in total. The minimum Gasteiger partial charge on any atom is -0.462 e. The number of hydrogen-bond acceptors (Lipinski definition) is 9. The van der Waals surface area contributed by atoms with Gasteiger partial charge in [-0.25, -0.2) is 20.0 Å². The lowest BCUT2D eigenvalue weighted by molar-refractivity contribution is -0.153. The maximum absolute atomic E-state index is 14.0. The number of nitrogens with two attached hydrogens (primary N) is 1.